The zero-order valence-electron chi connectivity index (χ0n) is 23.4. The number of hydrogen-bond acceptors (Lipinski definition) is 10. The Morgan fingerprint density at radius 1 is 1.22 bits per heavy atom. The highest BCUT2D eigenvalue weighted by Gasteiger charge is 2.52. The number of nitrogens with zero attached hydrogens (tertiary/aromatic N) is 6. The number of methoxy groups -OCH3 is 1. The molecule has 0 unspecified atom stereocenters. The molecule has 1 aromatic heterocycles. The molecular formula is C28H26BrF3N6O7. The first-order valence-electron chi connectivity index (χ1n) is 13.5. The molecule has 5 rings (SSSR count). The van der Waals surface area contributed by atoms with Gasteiger partial charge >= 0.3 is 0 Å². The zero-order chi connectivity index (χ0) is 32.6. The van der Waals surface area contributed by atoms with Crippen LogP contribution in [-0.2, 0) is 19.1 Å². The number of carbonyl (C=O) groups is 2. The van der Waals surface area contributed by atoms with E-state index in [1.54, 1.807) is 0 Å². The first-order chi connectivity index (χ1) is 21.5. The summed E-state index contributed by atoms with van der Waals surface area (Å²) in [5.41, 5.74) is 0.0825. The van der Waals surface area contributed by atoms with E-state index in [-0.39, 0.29) is 35.6 Å². The summed E-state index contributed by atoms with van der Waals surface area (Å²) in [5, 5.41) is 49.6. The molecule has 3 aromatic rings. The third kappa shape index (κ3) is 6.17. The van der Waals surface area contributed by atoms with Crippen LogP contribution in [0.5, 0.6) is 0 Å². The summed E-state index contributed by atoms with van der Waals surface area (Å²) in [4.78, 5) is 28.5. The van der Waals surface area contributed by atoms with E-state index in [2.05, 4.69) is 26.2 Å². The van der Waals surface area contributed by atoms with Crippen LogP contribution in [0.2, 0.25) is 0 Å². The number of hydrogen-bond donors (Lipinski definition) is 3. The predicted octanol–water partition coefficient (Wildman–Crippen LogP) is 0.908. The van der Waals surface area contributed by atoms with Crippen LogP contribution in [0.15, 0.2) is 41.0 Å². The lowest BCUT2D eigenvalue weighted by molar-refractivity contribution is -0.211. The number of aliphatic hydroxyl groups excluding tert-OH is 3. The van der Waals surface area contributed by atoms with Crippen molar-refractivity contribution in [1.29, 1.82) is 5.26 Å². The van der Waals surface area contributed by atoms with Gasteiger partial charge in [-0.1, -0.05) is 21.1 Å². The lowest BCUT2D eigenvalue weighted by Gasteiger charge is -2.45. The van der Waals surface area contributed by atoms with Crippen LogP contribution >= 0.6 is 15.9 Å². The molecule has 2 fully saturated rings. The summed E-state index contributed by atoms with van der Waals surface area (Å²) in [5.74, 6) is -5.39. The maximum atomic E-state index is 14.5. The predicted molar refractivity (Wildman–Crippen MR) is 151 cm³/mol. The van der Waals surface area contributed by atoms with Crippen LogP contribution in [0, 0.1) is 28.8 Å². The summed E-state index contributed by atoms with van der Waals surface area (Å²) >= 11 is 3.32. The summed E-state index contributed by atoms with van der Waals surface area (Å²) in [7, 11) is 1.23. The molecule has 7 atom stereocenters. The standard InChI is InChI=1S/C28H26BrF3N6O7/c1-44-26-24(37-8-19(34-35-37)14-4-17(30)23(32)18(31)5-14)25(42)22(11-39)45-27(26)28(43)38(20-9-36(12-40)10-21(20)41)16-3-13(7-33)2-15(29)6-16/h2-6,8,12,20-22,24-27,39,41-42H,9-11H2,1H3/t20-,21-,22+,24-,25-,26+,27+/m0/s1. The number of aliphatic hydroxyl groups is 3. The Morgan fingerprint density at radius 2 is 1.93 bits per heavy atom. The van der Waals surface area contributed by atoms with Crippen molar-refractivity contribution in [2.45, 2.75) is 42.6 Å². The summed E-state index contributed by atoms with van der Waals surface area (Å²) in [6.45, 7) is -0.903. The quantitative estimate of drug-likeness (QED) is 0.227. The molecule has 2 aliphatic heterocycles. The Morgan fingerprint density at radius 3 is 2.53 bits per heavy atom. The van der Waals surface area contributed by atoms with Gasteiger partial charge in [-0.15, -0.1) is 5.10 Å². The lowest BCUT2D eigenvalue weighted by Crippen LogP contribution is -2.63. The molecule has 3 heterocycles. The number of ether oxygens (including phenoxy) is 2. The van der Waals surface area contributed by atoms with Crippen molar-refractivity contribution in [2.24, 2.45) is 0 Å². The fourth-order valence-electron chi connectivity index (χ4n) is 5.65. The molecule has 2 aromatic carbocycles. The van der Waals surface area contributed by atoms with E-state index >= 15 is 0 Å². The molecule has 0 bridgehead atoms. The van der Waals surface area contributed by atoms with Gasteiger partial charge in [-0.2, -0.15) is 5.26 Å². The van der Waals surface area contributed by atoms with Gasteiger partial charge < -0.3 is 34.6 Å². The van der Waals surface area contributed by atoms with E-state index in [4.69, 9.17) is 9.47 Å². The van der Waals surface area contributed by atoms with E-state index < -0.39 is 72.6 Å². The fourth-order valence-corrected chi connectivity index (χ4v) is 6.13. The molecular weight excluding hydrogens is 669 g/mol. The minimum Gasteiger partial charge on any atom is -0.394 e. The van der Waals surface area contributed by atoms with Crippen molar-refractivity contribution in [2.75, 3.05) is 31.7 Å². The summed E-state index contributed by atoms with van der Waals surface area (Å²) in [6.07, 6.45) is -5.31. The molecule has 2 saturated heterocycles. The third-order valence-electron chi connectivity index (χ3n) is 7.77. The molecule has 45 heavy (non-hydrogen) atoms. The largest absolute Gasteiger partial charge is 0.394 e. The zero-order valence-corrected chi connectivity index (χ0v) is 25.0. The summed E-state index contributed by atoms with van der Waals surface area (Å²) in [6, 6.07) is 5.60. The van der Waals surface area contributed by atoms with Gasteiger partial charge in [0.15, 0.2) is 23.6 Å². The first-order valence-corrected chi connectivity index (χ1v) is 14.3. The Hall–Kier alpha value is -3.92. The second kappa shape index (κ2) is 13.2. The highest BCUT2D eigenvalue weighted by atomic mass is 79.9. The second-order valence-electron chi connectivity index (χ2n) is 10.5. The Kier molecular flexibility index (Phi) is 9.53. The van der Waals surface area contributed by atoms with Crippen molar-refractivity contribution in [3.8, 4) is 17.3 Å². The molecule has 2 aliphatic rings. The van der Waals surface area contributed by atoms with E-state index in [1.807, 2.05) is 6.07 Å². The van der Waals surface area contributed by atoms with Crippen molar-refractivity contribution in [3.05, 3.63) is 64.0 Å². The van der Waals surface area contributed by atoms with E-state index in [0.29, 0.717) is 23.0 Å². The van der Waals surface area contributed by atoms with Gasteiger partial charge in [-0.25, -0.2) is 17.9 Å². The fraction of sp³-hybridized carbons (Fsp3) is 0.393. The summed E-state index contributed by atoms with van der Waals surface area (Å²) < 4.78 is 54.4. The van der Waals surface area contributed by atoms with Gasteiger partial charge in [-0.05, 0) is 30.3 Å². The highest BCUT2D eigenvalue weighted by molar-refractivity contribution is 9.10. The molecule has 0 radical (unpaired) electrons. The van der Waals surface area contributed by atoms with E-state index in [0.717, 1.165) is 4.68 Å². The van der Waals surface area contributed by atoms with Gasteiger partial charge in [0.2, 0.25) is 6.41 Å². The van der Waals surface area contributed by atoms with Gasteiger partial charge in [0.1, 0.15) is 30.0 Å². The van der Waals surface area contributed by atoms with E-state index in [1.165, 1.54) is 41.3 Å². The number of amides is 2. The topological polar surface area (TPSA) is 174 Å². The van der Waals surface area contributed by atoms with Crippen molar-refractivity contribution in [3.63, 3.8) is 0 Å². The second-order valence-corrected chi connectivity index (χ2v) is 11.4. The molecule has 13 nitrogen and oxygen atoms in total. The number of rotatable bonds is 8. The number of halogens is 4. The maximum absolute atomic E-state index is 14.5. The molecule has 3 N–H and O–H groups in total. The molecule has 17 heteroatoms. The Labute approximate surface area is 262 Å². The maximum Gasteiger partial charge on any atom is 0.259 e. The van der Waals surface area contributed by atoms with Crippen LogP contribution in [0.25, 0.3) is 11.3 Å². The lowest BCUT2D eigenvalue weighted by atomic mass is 9.91. The SMILES string of the molecule is CO[C@@H]1[C@@H](n2cc(-c3cc(F)c(F)c(F)c3)nn2)[C@@H](O)[C@@H](CO)O[C@H]1C(=O)N(c1cc(Br)cc(C#N)c1)[C@H]1CN(C=O)C[C@@H]1O. The van der Waals surface area contributed by atoms with Crippen LogP contribution in [0.4, 0.5) is 18.9 Å². The molecule has 2 amide bonds. The molecule has 238 valence electrons. The van der Waals surface area contributed by atoms with Gasteiger partial charge in [0.25, 0.3) is 5.91 Å². The normalized spacial score (nSPS) is 26.5. The number of aromatic nitrogens is 3. The number of nitriles is 1. The van der Waals surface area contributed by atoms with Crippen molar-refractivity contribution < 1.29 is 47.6 Å². The number of likely N-dealkylation sites (tertiary alicyclic amines) is 1. The minimum absolute atomic E-state index is 0.0676. The first kappa shape index (κ1) is 32.5. The van der Waals surface area contributed by atoms with Crippen molar-refractivity contribution >= 4 is 33.9 Å². The number of benzene rings is 2. The van der Waals surface area contributed by atoms with Crippen LogP contribution < -0.4 is 4.90 Å². The average Bonchev–Trinajstić information content (AvgIpc) is 3.66. The molecule has 0 spiro atoms. The number of carbonyl (C=O) groups excluding carboxylic acids is 2. The van der Waals surface area contributed by atoms with Gasteiger partial charge in [-0.3, -0.25) is 9.59 Å². The monoisotopic (exact) mass is 694 g/mol. The smallest absolute Gasteiger partial charge is 0.259 e. The number of β-amino-alcohol motifs (C(OH)–C–C–N with tert-alkyl or cyclic N) is 1. The van der Waals surface area contributed by atoms with Crippen molar-refractivity contribution in [1.82, 2.24) is 19.9 Å². The van der Waals surface area contributed by atoms with Crippen LogP contribution in [0.1, 0.15) is 11.6 Å². The van der Waals surface area contributed by atoms with Gasteiger partial charge in [0, 0.05) is 35.9 Å². The minimum atomic E-state index is -1.67. The van der Waals surface area contributed by atoms with Crippen LogP contribution in [-0.4, -0.2) is 111 Å². The third-order valence-corrected chi connectivity index (χ3v) is 8.23. The Bertz CT molecular complexity index is 1620. The highest BCUT2D eigenvalue weighted by Crippen LogP contribution is 2.36. The number of anilines is 1. The van der Waals surface area contributed by atoms with E-state index in [9.17, 15) is 43.3 Å². The van der Waals surface area contributed by atoms with Crippen LogP contribution in [0.3, 0.4) is 0 Å². The molecule has 0 aliphatic carbocycles. The molecule has 0 saturated carbocycles. The average molecular weight is 695 g/mol. The van der Waals surface area contributed by atoms with Gasteiger partial charge in [0.05, 0.1) is 36.6 Å². The Balaban J connectivity index is 1.57.